The van der Waals surface area contributed by atoms with Gasteiger partial charge in [-0.25, -0.2) is 4.98 Å². The third kappa shape index (κ3) is 2.97. The first kappa shape index (κ1) is 16.3. The van der Waals surface area contributed by atoms with Gasteiger partial charge in [-0.1, -0.05) is 44.2 Å². The van der Waals surface area contributed by atoms with Crippen LogP contribution in [-0.2, 0) is 18.7 Å². The minimum Gasteiger partial charge on any atom is -0.312 e. The second kappa shape index (κ2) is 5.99. The highest BCUT2D eigenvalue weighted by atomic mass is 32.2. The second-order valence-electron chi connectivity index (χ2n) is 7.24. The summed E-state index contributed by atoms with van der Waals surface area (Å²) >= 11 is 1.93. The van der Waals surface area contributed by atoms with E-state index in [9.17, 15) is 4.79 Å². The van der Waals surface area contributed by atoms with Gasteiger partial charge in [0.1, 0.15) is 12.0 Å². The number of aromatic nitrogens is 3. The zero-order valence-electron chi connectivity index (χ0n) is 14.7. The van der Waals surface area contributed by atoms with Gasteiger partial charge >= 0.3 is 0 Å². The molecule has 0 bridgehead atoms. The lowest BCUT2D eigenvalue weighted by atomic mass is 9.94. The van der Waals surface area contributed by atoms with Crippen molar-refractivity contribution >= 4 is 22.8 Å². The van der Waals surface area contributed by atoms with Gasteiger partial charge in [0.25, 0.3) is 5.56 Å². The number of aryl methyl sites for hydroxylation is 1. The van der Waals surface area contributed by atoms with Crippen LogP contribution in [0.5, 0.6) is 0 Å². The van der Waals surface area contributed by atoms with Gasteiger partial charge in [0, 0.05) is 16.2 Å². The number of hydrogen-bond acceptors (Lipinski definition) is 4. The third-order valence-corrected chi connectivity index (χ3v) is 6.16. The van der Waals surface area contributed by atoms with Crippen molar-refractivity contribution in [3.05, 3.63) is 69.4 Å². The van der Waals surface area contributed by atoms with E-state index in [1.807, 2.05) is 34.5 Å². The average molecular weight is 351 g/mol. The van der Waals surface area contributed by atoms with Crippen molar-refractivity contribution in [1.29, 1.82) is 0 Å². The lowest BCUT2D eigenvalue weighted by Gasteiger charge is -2.32. The molecule has 0 aliphatic carbocycles. The first-order chi connectivity index (χ1) is 11.9. The second-order valence-corrected chi connectivity index (χ2v) is 8.92. The van der Waals surface area contributed by atoms with Crippen LogP contribution >= 0.6 is 11.8 Å². The van der Waals surface area contributed by atoms with E-state index in [2.05, 4.69) is 37.9 Å². The molecule has 0 N–H and O–H groups in total. The summed E-state index contributed by atoms with van der Waals surface area (Å²) in [5, 5.41) is 0.701. The molecule has 0 saturated heterocycles. The van der Waals surface area contributed by atoms with E-state index >= 15 is 0 Å². The topological polar surface area (TPSA) is 47.8 Å². The molecule has 5 heteroatoms. The summed E-state index contributed by atoms with van der Waals surface area (Å²) in [5.74, 6) is 0.907. The van der Waals surface area contributed by atoms with Gasteiger partial charge in [-0.3, -0.25) is 4.79 Å². The maximum atomic E-state index is 12.6. The van der Waals surface area contributed by atoms with Crippen LogP contribution in [0.3, 0.4) is 0 Å². The zero-order valence-corrected chi connectivity index (χ0v) is 15.6. The molecule has 0 amide bonds. The molecule has 2 aromatic heterocycles. The van der Waals surface area contributed by atoms with Crippen LogP contribution in [0.1, 0.15) is 36.2 Å². The maximum Gasteiger partial charge on any atom is 0.282 e. The maximum absolute atomic E-state index is 12.6. The Morgan fingerprint density at radius 1 is 1.20 bits per heavy atom. The molecule has 4 nitrogen and oxygen atoms in total. The molecular weight excluding hydrogens is 330 g/mol. The van der Waals surface area contributed by atoms with Crippen molar-refractivity contribution in [3.63, 3.8) is 0 Å². The van der Waals surface area contributed by atoms with Gasteiger partial charge in [0.05, 0.1) is 11.9 Å². The average Bonchev–Trinajstić information content (AvgIpc) is 2.57. The SMILES string of the molecule is Cc1nc2c(c3c1CSC(C)(C)C3)c(=O)ncn2Cc1ccccc1. The molecule has 0 unspecified atom stereocenters. The van der Waals surface area contributed by atoms with Crippen molar-refractivity contribution in [1.82, 2.24) is 14.5 Å². The molecule has 128 valence electrons. The molecule has 1 aliphatic heterocycles. The summed E-state index contributed by atoms with van der Waals surface area (Å²) in [6.07, 6.45) is 2.50. The number of rotatable bonds is 2. The normalized spacial score (nSPS) is 16.0. The smallest absolute Gasteiger partial charge is 0.282 e. The van der Waals surface area contributed by atoms with Gasteiger partial charge in [-0.15, -0.1) is 0 Å². The number of pyridine rings is 1. The molecule has 4 rings (SSSR count). The highest BCUT2D eigenvalue weighted by Gasteiger charge is 2.30. The summed E-state index contributed by atoms with van der Waals surface area (Å²) in [5.41, 5.74) is 5.15. The number of benzene rings is 1. The predicted octanol–water partition coefficient (Wildman–Crippen LogP) is 3.72. The van der Waals surface area contributed by atoms with Crippen molar-refractivity contribution in [2.75, 3.05) is 0 Å². The Bertz CT molecular complexity index is 1010. The van der Waals surface area contributed by atoms with Crippen LogP contribution in [0.4, 0.5) is 0 Å². The van der Waals surface area contributed by atoms with Crippen molar-refractivity contribution < 1.29 is 0 Å². The van der Waals surface area contributed by atoms with Crippen molar-refractivity contribution in [2.24, 2.45) is 0 Å². The Hall–Kier alpha value is -2.14. The van der Waals surface area contributed by atoms with E-state index in [4.69, 9.17) is 4.98 Å². The monoisotopic (exact) mass is 351 g/mol. The van der Waals surface area contributed by atoms with E-state index < -0.39 is 0 Å². The molecule has 0 fully saturated rings. The van der Waals surface area contributed by atoms with Crippen LogP contribution in [0, 0.1) is 6.92 Å². The van der Waals surface area contributed by atoms with E-state index in [1.165, 1.54) is 11.1 Å². The van der Waals surface area contributed by atoms with Crippen molar-refractivity contribution in [3.8, 4) is 0 Å². The van der Waals surface area contributed by atoms with E-state index in [1.54, 1.807) is 6.33 Å². The number of hydrogen-bond donors (Lipinski definition) is 0. The number of nitrogens with zero attached hydrogens (tertiary/aromatic N) is 3. The molecule has 0 radical (unpaired) electrons. The van der Waals surface area contributed by atoms with Crippen LogP contribution in [0.15, 0.2) is 41.5 Å². The van der Waals surface area contributed by atoms with Gasteiger partial charge in [-0.2, -0.15) is 16.7 Å². The Morgan fingerprint density at radius 2 is 1.96 bits per heavy atom. The predicted molar refractivity (Wildman–Crippen MR) is 103 cm³/mol. The van der Waals surface area contributed by atoms with Crippen LogP contribution in [-0.4, -0.2) is 19.3 Å². The van der Waals surface area contributed by atoms with E-state index in [-0.39, 0.29) is 10.3 Å². The van der Waals surface area contributed by atoms with Gasteiger partial charge < -0.3 is 4.57 Å². The van der Waals surface area contributed by atoms with Crippen LogP contribution in [0.25, 0.3) is 11.0 Å². The fourth-order valence-corrected chi connectivity index (χ4v) is 4.65. The molecule has 25 heavy (non-hydrogen) atoms. The fraction of sp³-hybridized carbons (Fsp3) is 0.350. The highest BCUT2D eigenvalue weighted by Crippen LogP contribution is 2.40. The molecule has 3 aromatic rings. The van der Waals surface area contributed by atoms with Crippen molar-refractivity contribution in [2.45, 2.75) is 44.2 Å². The Morgan fingerprint density at radius 3 is 2.72 bits per heavy atom. The summed E-state index contributed by atoms with van der Waals surface area (Å²) in [6, 6.07) is 10.2. The molecule has 0 spiro atoms. The minimum atomic E-state index is -0.161. The Balaban J connectivity index is 1.95. The van der Waals surface area contributed by atoms with Crippen LogP contribution < -0.4 is 5.56 Å². The summed E-state index contributed by atoms with van der Waals surface area (Å²) in [4.78, 5) is 21.6. The third-order valence-electron chi connectivity index (χ3n) is 4.81. The Labute approximate surface area is 151 Å². The number of thioether (sulfide) groups is 1. The van der Waals surface area contributed by atoms with E-state index in [0.717, 1.165) is 29.1 Å². The Kier molecular flexibility index (Phi) is 3.91. The largest absolute Gasteiger partial charge is 0.312 e. The molecule has 1 aliphatic rings. The molecule has 0 atom stereocenters. The van der Waals surface area contributed by atoms with Gasteiger partial charge in [0.15, 0.2) is 0 Å². The molecule has 0 saturated carbocycles. The lowest BCUT2D eigenvalue weighted by Crippen LogP contribution is -2.27. The lowest BCUT2D eigenvalue weighted by molar-refractivity contribution is 0.691. The quantitative estimate of drug-likeness (QED) is 0.706. The summed E-state index contributed by atoms with van der Waals surface area (Å²) in [7, 11) is 0. The highest BCUT2D eigenvalue weighted by molar-refractivity contribution is 7.99. The first-order valence-corrected chi connectivity index (χ1v) is 9.48. The van der Waals surface area contributed by atoms with Gasteiger partial charge in [0.2, 0.25) is 0 Å². The minimum absolute atomic E-state index is 0.125. The standard InChI is InChI=1S/C20H21N3OS/c1-13-16-11-25-20(2,3)9-15(16)17-18(22-13)23(12-21-19(17)24)10-14-7-5-4-6-8-14/h4-8,12H,9-11H2,1-3H3. The van der Waals surface area contributed by atoms with Crippen LogP contribution in [0.2, 0.25) is 0 Å². The fourth-order valence-electron chi connectivity index (χ4n) is 3.49. The first-order valence-electron chi connectivity index (χ1n) is 8.50. The summed E-state index contributed by atoms with van der Waals surface area (Å²) in [6.45, 7) is 7.19. The van der Waals surface area contributed by atoms with E-state index in [0.29, 0.717) is 11.9 Å². The molecular formula is C20H21N3OS. The van der Waals surface area contributed by atoms with Gasteiger partial charge in [-0.05, 0) is 30.0 Å². The zero-order chi connectivity index (χ0) is 17.6. The summed E-state index contributed by atoms with van der Waals surface area (Å²) < 4.78 is 2.12. The molecule has 1 aromatic carbocycles. The number of fused-ring (bicyclic) bond motifs is 3. The molecule has 3 heterocycles.